The summed E-state index contributed by atoms with van der Waals surface area (Å²) in [5, 5.41) is 3.60. The molecule has 2 unspecified atom stereocenters. The predicted molar refractivity (Wildman–Crippen MR) is 108 cm³/mol. The lowest BCUT2D eigenvalue weighted by atomic mass is 9.82. The molecular formula is C21H33N5. The van der Waals surface area contributed by atoms with E-state index in [1.54, 1.807) is 0 Å². The molecule has 3 aliphatic rings. The van der Waals surface area contributed by atoms with E-state index >= 15 is 0 Å². The highest BCUT2D eigenvalue weighted by atomic mass is 15.3. The van der Waals surface area contributed by atoms with Crippen LogP contribution in [0, 0.1) is 11.8 Å². The maximum absolute atomic E-state index is 4.59. The van der Waals surface area contributed by atoms with Crippen molar-refractivity contribution < 1.29 is 0 Å². The van der Waals surface area contributed by atoms with Crippen molar-refractivity contribution in [2.75, 3.05) is 38.1 Å². The average molecular weight is 356 g/mol. The maximum Gasteiger partial charge on any atom is 0.193 e. The Hall–Kier alpha value is -1.78. The maximum atomic E-state index is 4.59. The van der Waals surface area contributed by atoms with Crippen LogP contribution in [-0.2, 0) is 6.54 Å². The molecular weight excluding hydrogens is 322 g/mol. The highest BCUT2D eigenvalue weighted by Gasteiger charge is 2.35. The molecule has 0 aromatic carbocycles. The van der Waals surface area contributed by atoms with Gasteiger partial charge in [0.05, 0.1) is 0 Å². The zero-order valence-corrected chi connectivity index (χ0v) is 16.2. The second-order valence-electron chi connectivity index (χ2n) is 8.18. The van der Waals surface area contributed by atoms with Crippen LogP contribution in [0.15, 0.2) is 23.3 Å². The number of piperidine rings is 1. The molecule has 26 heavy (non-hydrogen) atoms. The van der Waals surface area contributed by atoms with Gasteiger partial charge in [0.25, 0.3) is 0 Å². The normalized spacial score (nSPS) is 26.7. The highest BCUT2D eigenvalue weighted by molar-refractivity contribution is 5.80. The molecule has 1 aromatic rings. The third-order valence-corrected chi connectivity index (χ3v) is 6.43. The van der Waals surface area contributed by atoms with Gasteiger partial charge in [-0.25, -0.2) is 4.98 Å². The molecule has 0 radical (unpaired) electrons. The molecule has 1 saturated carbocycles. The summed E-state index contributed by atoms with van der Waals surface area (Å²) >= 11 is 0. The van der Waals surface area contributed by atoms with Crippen LogP contribution >= 0.6 is 0 Å². The van der Waals surface area contributed by atoms with Crippen molar-refractivity contribution in [3.05, 3.63) is 23.9 Å². The van der Waals surface area contributed by atoms with Crippen LogP contribution in [0.4, 0.5) is 5.82 Å². The first kappa shape index (κ1) is 17.6. The topological polar surface area (TPSA) is 43.8 Å². The Balaban J connectivity index is 1.35. The molecule has 3 heterocycles. The van der Waals surface area contributed by atoms with E-state index in [2.05, 4.69) is 37.2 Å². The molecule has 0 amide bonds. The van der Waals surface area contributed by atoms with Crippen LogP contribution in [-0.4, -0.2) is 49.1 Å². The van der Waals surface area contributed by atoms with Gasteiger partial charge in [-0.2, -0.15) is 0 Å². The second-order valence-corrected chi connectivity index (χ2v) is 8.18. The zero-order valence-electron chi connectivity index (χ0n) is 16.2. The number of nitrogens with one attached hydrogen (secondary N) is 1. The number of likely N-dealkylation sites (tertiary alicyclic amines) is 1. The first-order valence-electron chi connectivity index (χ1n) is 10.5. The van der Waals surface area contributed by atoms with Crippen molar-refractivity contribution in [3.8, 4) is 0 Å². The Kier molecular flexibility index (Phi) is 5.61. The lowest BCUT2D eigenvalue weighted by molar-refractivity contribution is 0.299. The molecule has 5 nitrogen and oxygen atoms in total. The Morgan fingerprint density at radius 2 is 1.85 bits per heavy atom. The smallest absolute Gasteiger partial charge is 0.193 e. The molecule has 2 atom stereocenters. The summed E-state index contributed by atoms with van der Waals surface area (Å²) in [4.78, 5) is 14.1. The Bertz CT molecular complexity index is 609. The number of aromatic nitrogens is 1. The van der Waals surface area contributed by atoms with Gasteiger partial charge in [-0.3, -0.25) is 4.99 Å². The van der Waals surface area contributed by atoms with Crippen LogP contribution in [0.1, 0.15) is 50.5 Å². The second kappa shape index (κ2) is 8.28. The molecule has 4 rings (SSSR count). The van der Waals surface area contributed by atoms with E-state index in [-0.39, 0.29) is 0 Å². The first-order valence-corrected chi connectivity index (χ1v) is 10.5. The molecule has 0 spiro atoms. The third kappa shape index (κ3) is 3.97. The van der Waals surface area contributed by atoms with Gasteiger partial charge in [0, 0.05) is 46.0 Å². The summed E-state index contributed by atoms with van der Waals surface area (Å²) in [5.41, 5.74) is 1.29. The fourth-order valence-electron chi connectivity index (χ4n) is 4.96. The summed E-state index contributed by atoms with van der Waals surface area (Å²) < 4.78 is 0. The quantitative estimate of drug-likeness (QED) is 0.668. The van der Waals surface area contributed by atoms with Gasteiger partial charge < -0.3 is 15.1 Å². The molecule has 1 aromatic heterocycles. The van der Waals surface area contributed by atoms with E-state index in [0.717, 1.165) is 43.2 Å². The number of nitrogens with zero attached hydrogens (tertiary/aromatic N) is 4. The number of anilines is 1. The Labute approximate surface area is 157 Å². The third-order valence-electron chi connectivity index (χ3n) is 6.43. The first-order chi connectivity index (χ1) is 12.8. The standard InChI is InChI=1S/C21H33N5/c1-22-21(26-15-18-7-3-4-8-19(18)16-26)24-14-17-9-10-23-20(13-17)25-11-5-2-6-12-25/h9-10,13,18-19H,2-8,11-12,14-16H2,1H3,(H,22,24). The number of guanidine groups is 1. The van der Waals surface area contributed by atoms with E-state index < -0.39 is 0 Å². The summed E-state index contributed by atoms with van der Waals surface area (Å²) in [6, 6.07) is 4.37. The van der Waals surface area contributed by atoms with Crippen molar-refractivity contribution in [1.82, 2.24) is 15.2 Å². The molecule has 0 bridgehead atoms. The van der Waals surface area contributed by atoms with E-state index in [1.807, 2.05) is 13.2 Å². The number of hydrogen-bond acceptors (Lipinski definition) is 3. The molecule has 1 N–H and O–H groups in total. The minimum absolute atomic E-state index is 0.821. The predicted octanol–water partition coefficient (Wildman–Crippen LogP) is 3.27. The van der Waals surface area contributed by atoms with Gasteiger partial charge in [0.1, 0.15) is 5.82 Å². The number of hydrogen-bond donors (Lipinski definition) is 1. The summed E-state index contributed by atoms with van der Waals surface area (Å²) in [6.45, 7) is 5.46. The van der Waals surface area contributed by atoms with Crippen LogP contribution in [0.25, 0.3) is 0 Å². The van der Waals surface area contributed by atoms with Gasteiger partial charge in [-0.15, -0.1) is 0 Å². The Morgan fingerprint density at radius 3 is 2.54 bits per heavy atom. The van der Waals surface area contributed by atoms with Crippen molar-refractivity contribution in [2.45, 2.75) is 51.5 Å². The van der Waals surface area contributed by atoms with Gasteiger partial charge >= 0.3 is 0 Å². The molecule has 2 aliphatic heterocycles. The van der Waals surface area contributed by atoms with Crippen molar-refractivity contribution >= 4 is 11.8 Å². The lowest BCUT2D eigenvalue weighted by Gasteiger charge is -2.28. The molecule has 1 aliphatic carbocycles. The van der Waals surface area contributed by atoms with E-state index in [1.165, 1.54) is 63.6 Å². The largest absolute Gasteiger partial charge is 0.357 e. The van der Waals surface area contributed by atoms with Crippen molar-refractivity contribution in [2.24, 2.45) is 16.8 Å². The summed E-state index contributed by atoms with van der Waals surface area (Å²) in [7, 11) is 1.91. The summed E-state index contributed by atoms with van der Waals surface area (Å²) in [5.74, 6) is 3.96. The van der Waals surface area contributed by atoms with Gasteiger partial charge in [-0.05, 0) is 61.6 Å². The minimum Gasteiger partial charge on any atom is -0.357 e. The average Bonchev–Trinajstić information content (AvgIpc) is 3.13. The molecule has 142 valence electrons. The van der Waals surface area contributed by atoms with Crippen LogP contribution < -0.4 is 10.2 Å². The van der Waals surface area contributed by atoms with Crippen molar-refractivity contribution in [3.63, 3.8) is 0 Å². The number of fused-ring (bicyclic) bond motifs is 1. The van der Waals surface area contributed by atoms with Gasteiger partial charge in [-0.1, -0.05) is 12.8 Å². The zero-order chi connectivity index (χ0) is 17.8. The number of aliphatic imine (C=N–C) groups is 1. The van der Waals surface area contributed by atoms with Gasteiger partial charge in [0.2, 0.25) is 0 Å². The van der Waals surface area contributed by atoms with E-state index in [4.69, 9.17) is 0 Å². The highest BCUT2D eigenvalue weighted by Crippen LogP contribution is 2.35. The van der Waals surface area contributed by atoms with E-state index in [9.17, 15) is 0 Å². The van der Waals surface area contributed by atoms with E-state index in [0.29, 0.717) is 0 Å². The van der Waals surface area contributed by atoms with Crippen LogP contribution in [0.2, 0.25) is 0 Å². The lowest BCUT2D eigenvalue weighted by Crippen LogP contribution is -2.40. The fourth-order valence-corrected chi connectivity index (χ4v) is 4.96. The fraction of sp³-hybridized carbons (Fsp3) is 0.714. The van der Waals surface area contributed by atoms with Crippen LogP contribution in [0.3, 0.4) is 0 Å². The van der Waals surface area contributed by atoms with Gasteiger partial charge in [0.15, 0.2) is 5.96 Å². The van der Waals surface area contributed by atoms with Crippen molar-refractivity contribution in [1.29, 1.82) is 0 Å². The SMILES string of the molecule is CN=C(NCc1ccnc(N2CCCCC2)c1)N1CC2CCCCC2C1. The molecule has 3 fully saturated rings. The minimum atomic E-state index is 0.821. The Morgan fingerprint density at radius 1 is 1.12 bits per heavy atom. The molecule has 2 saturated heterocycles. The monoisotopic (exact) mass is 355 g/mol. The number of rotatable bonds is 3. The summed E-state index contributed by atoms with van der Waals surface area (Å²) in [6.07, 6.45) is 11.5. The number of pyridine rings is 1. The molecule has 5 heteroatoms. The van der Waals surface area contributed by atoms with Crippen LogP contribution in [0.5, 0.6) is 0 Å².